The number of hydrogen-bond donors (Lipinski definition) is 2. The monoisotopic (exact) mass is 368 g/mol. The summed E-state index contributed by atoms with van der Waals surface area (Å²) in [7, 11) is 1.79. The van der Waals surface area contributed by atoms with Crippen LogP contribution < -0.4 is 15.6 Å². The van der Waals surface area contributed by atoms with Crippen molar-refractivity contribution in [3.63, 3.8) is 0 Å². The van der Waals surface area contributed by atoms with E-state index in [0.29, 0.717) is 30.9 Å². The predicted molar refractivity (Wildman–Crippen MR) is 101 cm³/mol. The van der Waals surface area contributed by atoms with Gasteiger partial charge in [0, 0.05) is 31.5 Å². The number of Topliss-reactive ketones (excluding diaryl/α,β-unsaturated/α-hetero) is 1. The van der Waals surface area contributed by atoms with Crippen molar-refractivity contribution in [1.82, 2.24) is 20.7 Å². The molecule has 1 aromatic heterocycles. The number of likely N-dealkylation sites (N-methyl/N-ethyl adjacent to an activating group) is 1. The van der Waals surface area contributed by atoms with E-state index in [-0.39, 0.29) is 23.8 Å². The Bertz CT molecular complexity index is 797. The summed E-state index contributed by atoms with van der Waals surface area (Å²) in [6.45, 7) is 2.45. The Hall–Kier alpha value is -2.77. The number of amides is 1. The molecule has 0 saturated carbocycles. The zero-order valence-corrected chi connectivity index (χ0v) is 15.5. The summed E-state index contributed by atoms with van der Waals surface area (Å²) >= 11 is 0. The number of ketones is 1. The molecule has 1 aliphatic rings. The van der Waals surface area contributed by atoms with Crippen LogP contribution in [-0.4, -0.2) is 47.3 Å². The topological polar surface area (TPSA) is 83.6 Å². The summed E-state index contributed by atoms with van der Waals surface area (Å²) in [5.41, 5.74) is 7.77. The molecular formula is C20H24N4O3. The first-order valence-electron chi connectivity index (χ1n) is 8.91. The number of ether oxygens (including phenoxy) is 1. The first kappa shape index (κ1) is 19.0. The summed E-state index contributed by atoms with van der Waals surface area (Å²) < 4.78 is 5.78. The van der Waals surface area contributed by atoms with Crippen LogP contribution in [0.1, 0.15) is 29.3 Å². The zero-order chi connectivity index (χ0) is 19.2. The number of carbonyl (C=O) groups is 2. The molecule has 1 fully saturated rings. The largest absolute Gasteiger partial charge is 0.492 e. The second-order valence-electron chi connectivity index (χ2n) is 6.72. The number of benzene rings is 1. The Morgan fingerprint density at radius 2 is 2.11 bits per heavy atom. The van der Waals surface area contributed by atoms with Gasteiger partial charge in [-0.2, -0.15) is 0 Å². The second-order valence-corrected chi connectivity index (χ2v) is 6.72. The molecule has 1 saturated heterocycles. The highest BCUT2D eigenvalue weighted by Crippen LogP contribution is 2.16. The molecular weight excluding hydrogens is 344 g/mol. The molecule has 0 bridgehead atoms. The van der Waals surface area contributed by atoms with Crippen LogP contribution in [0.25, 0.3) is 0 Å². The lowest BCUT2D eigenvalue weighted by molar-refractivity contribution is -0.132. The molecule has 7 heteroatoms. The molecule has 1 amide bonds. The van der Waals surface area contributed by atoms with Crippen LogP contribution in [0.4, 0.5) is 0 Å². The number of hydrazine groups is 1. The van der Waals surface area contributed by atoms with Gasteiger partial charge in [-0.25, -0.2) is 5.43 Å². The summed E-state index contributed by atoms with van der Waals surface area (Å²) in [5, 5.41) is 0. The Labute approximate surface area is 158 Å². The van der Waals surface area contributed by atoms with Gasteiger partial charge in [0.2, 0.25) is 5.91 Å². The van der Waals surface area contributed by atoms with E-state index in [1.165, 1.54) is 6.92 Å². The van der Waals surface area contributed by atoms with Crippen molar-refractivity contribution >= 4 is 11.7 Å². The first-order valence-corrected chi connectivity index (χ1v) is 8.91. The third kappa shape index (κ3) is 5.12. The third-order valence-corrected chi connectivity index (χ3v) is 4.49. The van der Waals surface area contributed by atoms with Crippen molar-refractivity contribution in [1.29, 1.82) is 0 Å². The quantitative estimate of drug-likeness (QED) is 0.722. The van der Waals surface area contributed by atoms with Crippen LogP contribution in [0.3, 0.4) is 0 Å². The van der Waals surface area contributed by atoms with Crippen molar-refractivity contribution in [2.45, 2.75) is 32.0 Å². The molecule has 2 atom stereocenters. The third-order valence-electron chi connectivity index (χ3n) is 4.49. The molecule has 1 aliphatic heterocycles. The number of nitrogens with one attached hydrogen (secondary N) is 2. The van der Waals surface area contributed by atoms with Crippen molar-refractivity contribution in [3.8, 4) is 5.75 Å². The van der Waals surface area contributed by atoms with E-state index in [2.05, 4.69) is 15.8 Å². The van der Waals surface area contributed by atoms with Crippen LogP contribution in [0.2, 0.25) is 0 Å². The maximum atomic E-state index is 12.6. The minimum atomic E-state index is -0.302. The molecule has 0 aliphatic carbocycles. The van der Waals surface area contributed by atoms with Gasteiger partial charge in [0.05, 0.1) is 6.04 Å². The van der Waals surface area contributed by atoms with Crippen LogP contribution in [0.15, 0.2) is 48.8 Å². The van der Waals surface area contributed by atoms with Gasteiger partial charge in [0.1, 0.15) is 18.4 Å². The van der Waals surface area contributed by atoms with Crippen LogP contribution in [0.5, 0.6) is 5.75 Å². The fourth-order valence-electron chi connectivity index (χ4n) is 3.00. The Morgan fingerprint density at radius 1 is 1.26 bits per heavy atom. The molecule has 0 radical (unpaired) electrons. The van der Waals surface area contributed by atoms with Crippen molar-refractivity contribution in [2.75, 3.05) is 13.7 Å². The van der Waals surface area contributed by atoms with Crippen molar-refractivity contribution in [3.05, 3.63) is 59.9 Å². The maximum absolute atomic E-state index is 12.6. The molecule has 142 valence electrons. The van der Waals surface area contributed by atoms with Crippen LogP contribution in [0, 0.1) is 0 Å². The van der Waals surface area contributed by atoms with Gasteiger partial charge >= 0.3 is 0 Å². The highest BCUT2D eigenvalue weighted by molar-refractivity contribution is 5.94. The Balaban J connectivity index is 1.48. The fraction of sp³-hybridized carbons (Fsp3) is 0.350. The summed E-state index contributed by atoms with van der Waals surface area (Å²) in [5.74, 6) is 0.670. The lowest BCUT2D eigenvalue weighted by atomic mass is 10.1. The molecule has 3 rings (SSSR count). The Morgan fingerprint density at radius 3 is 2.85 bits per heavy atom. The van der Waals surface area contributed by atoms with E-state index >= 15 is 0 Å². The van der Waals surface area contributed by atoms with Gasteiger partial charge in [0.25, 0.3) is 0 Å². The van der Waals surface area contributed by atoms with E-state index in [4.69, 9.17) is 4.74 Å². The molecule has 2 N–H and O–H groups in total. The molecule has 2 unspecified atom stereocenters. The number of hydrogen-bond acceptors (Lipinski definition) is 6. The van der Waals surface area contributed by atoms with Gasteiger partial charge in [0.15, 0.2) is 5.78 Å². The number of nitrogens with zero attached hydrogens (tertiary/aromatic N) is 2. The smallest absolute Gasteiger partial charge is 0.241 e. The van der Waals surface area contributed by atoms with Gasteiger partial charge in [-0.3, -0.25) is 20.0 Å². The zero-order valence-electron chi connectivity index (χ0n) is 15.5. The van der Waals surface area contributed by atoms with Gasteiger partial charge in [-0.1, -0.05) is 18.2 Å². The Kier molecular flexibility index (Phi) is 6.16. The molecule has 7 nitrogen and oxygen atoms in total. The molecule has 27 heavy (non-hydrogen) atoms. The van der Waals surface area contributed by atoms with Gasteiger partial charge in [-0.15, -0.1) is 0 Å². The van der Waals surface area contributed by atoms with E-state index in [1.807, 2.05) is 18.2 Å². The van der Waals surface area contributed by atoms with E-state index < -0.39 is 0 Å². The molecule has 2 aromatic rings. The first-order chi connectivity index (χ1) is 13.0. The highest BCUT2D eigenvalue weighted by atomic mass is 16.5. The number of carbonyl (C=O) groups excluding carboxylic acids is 2. The average molecular weight is 368 g/mol. The van der Waals surface area contributed by atoms with E-state index in [1.54, 1.807) is 42.5 Å². The van der Waals surface area contributed by atoms with Gasteiger partial charge < -0.3 is 9.64 Å². The van der Waals surface area contributed by atoms with Crippen LogP contribution >= 0.6 is 0 Å². The standard InChI is InChI=1S/C20H24N4O3/c1-14(25)16-6-3-7-18(9-16)27-13-17-10-19(23-22-17)20(26)24(2)12-15-5-4-8-21-11-15/h3-9,11,17,19,22-23H,10,12-13H2,1-2H3. The molecule has 1 aromatic carbocycles. The summed E-state index contributed by atoms with van der Waals surface area (Å²) in [6, 6.07) is 10.6. The predicted octanol–water partition coefficient (Wildman–Crippen LogP) is 1.56. The minimum Gasteiger partial charge on any atom is -0.492 e. The van der Waals surface area contributed by atoms with Crippen molar-refractivity contribution < 1.29 is 14.3 Å². The maximum Gasteiger partial charge on any atom is 0.241 e. The van der Waals surface area contributed by atoms with Gasteiger partial charge in [-0.05, 0) is 37.1 Å². The van der Waals surface area contributed by atoms with E-state index in [0.717, 1.165) is 5.56 Å². The lowest BCUT2D eigenvalue weighted by Crippen LogP contribution is -2.44. The number of rotatable bonds is 7. The minimum absolute atomic E-state index is 0.00317. The van der Waals surface area contributed by atoms with Crippen molar-refractivity contribution in [2.24, 2.45) is 0 Å². The number of pyridine rings is 1. The van der Waals surface area contributed by atoms with E-state index in [9.17, 15) is 9.59 Å². The van der Waals surface area contributed by atoms with Crippen LogP contribution in [-0.2, 0) is 11.3 Å². The fourth-order valence-corrected chi connectivity index (χ4v) is 3.00. The highest BCUT2D eigenvalue weighted by Gasteiger charge is 2.31. The molecule has 2 heterocycles. The normalized spacial score (nSPS) is 18.9. The number of aromatic nitrogens is 1. The average Bonchev–Trinajstić information content (AvgIpc) is 3.15. The SMILES string of the molecule is CC(=O)c1cccc(OCC2CC(C(=O)N(C)Cc3cccnc3)NN2)c1. The lowest BCUT2D eigenvalue weighted by Gasteiger charge is -2.20. The summed E-state index contributed by atoms with van der Waals surface area (Å²) in [4.78, 5) is 29.8. The summed E-state index contributed by atoms with van der Waals surface area (Å²) in [6.07, 6.45) is 4.10. The molecule has 0 spiro atoms. The second kappa shape index (κ2) is 8.75.